The van der Waals surface area contributed by atoms with Gasteiger partial charge in [0.05, 0.1) is 5.02 Å². The molecule has 0 spiro atoms. The van der Waals surface area contributed by atoms with Crippen LogP contribution in [0.5, 0.6) is 11.5 Å². The van der Waals surface area contributed by atoms with Crippen LogP contribution >= 0.6 is 11.6 Å². The fraction of sp³-hybridized carbons (Fsp3) is 0.154. The molecule has 0 unspecified atom stereocenters. The molecule has 0 radical (unpaired) electrons. The quantitative estimate of drug-likeness (QED) is 0.905. The van der Waals surface area contributed by atoms with Gasteiger partial charge in [0.2, 0.25) is 0 Å². The van der Waals surface area contributed by atoms with Gasteiger partial charge in [0.1, 0.15) is 23.1 Å². The molecule has 0 aliphatic heterocycles. The van der Waals surface area contributed by atoms with Crippen molar-refractivity contribution in [1.29, 1.82) is 0 Å². The third-order valence-corrected chi connectivity index (χ3v) is 2.51. The molecule has 1 N–H and O–H groups in total. The zero-order chi connectivity index (χ0) is 13.0. The number of rotatable bonds is 4. The number of halogens is 2. The molecular formula is C13H12ClFN2O. The maximum absolute atomic E-state index is 13.0. The molecule has 2 aromatic rings. The minimum atomic E-state index is -0.466. The molecule has 3 nitrogen and oxygen atoms in total. The van der Waals surface area contributed by atoms with Crippen molar-refractivity contribution in [3.63, 3.8) is 0 Å². The SMILES string of the molecule is CCNc1cc(Oc2ccc(F)c(Cl)c2)ccn1. The van der Waals surface area contributed by atoms with Gasteiger partial charge in [-0.05, 0) is 25.1 Å². The summed E-state index contributed by atoms with van der Waals surface area (Å²) in [5.41, 5.74) is 0. The van der Waals surface area contributed by atoms with Crippen LogP contribution in [0.3, 0.4) is 0 Å². The summed E-state index contributed by atoms with van der Waals surface area (Å²) in [5, 5.41) is 3.11. The fourth-order valence-electron chi connectivity index (χ4n) is 1.43. The van der Waals surface area contributed by atoms with Crippen molar-refractivity contribution in [2.45, 2.75) is 6.92 Å². The molecule has 0 fully saturated rings. The second-order valence-electron chi connectivity index (χ2n) is 3.59. The van der Waals surface area contributed by atoms with E-state index in [1.54, 1.807) is 18.3 Å². The van der Waals surface area contributed by atoms with Crippen LogP contribution in [-0.4, -0.2) is 11.5 Å². The van der Waals surface area contributed by atoms with Crippen molar-refractivity contribution < 1.29 is 9.13 Å². The number of aromatic nitrogens is 1. The summed E-state index contributed by atoms with van der Waals surface area (Å²) in [6, 6.07) is 7.71. The second-order valence-corrected chi connectivity index (χ2v) is 3.99. The van der Waals surface area contributed by atoms with Crippen LogP contribution < -0.4 is 10.1 Å². The van der Waals surface area contributed by atoms with Gasteiger partial charge in [-0.1, -0.05) is 11.6 Å². The van der Waals surface area contributed by atoms with Gasteiger partial charge in [-0.25, -0.2) is 9.37 Å². The summed E-state index contributed by atoms with van der Waals surface area (Å²) in [5.74, 6) is 1.36. The topological polar surface area (TPSA) is 34.1 Å². The van der Waals surface area contributed by atoms with E-state index in [0.29, 0.717) is 11.5 Å². The third kappa shape index (κ3) is 3.11. The van der Waals surface area contributed by atoms with Crippen LogP contribution in [0.25, 0.3) is 0 Å². The first-order valence-corrected chi connectivity index (χ1v) is 5.89. The van der Waals surface area contributed by atoms with Gasteiger partial charge in [-0.3, -0.25) is 0 Å². The number of ether oxygens (including phenoxy) is 1. The molecule has 1 aromatic heterocycles. The Morgan fingerprint density at radius 2 is 2.06 bits per heavy atom. The molecule has 0 saturated heterocycles. The van der Waals surface area contributed by atoms with Crippen molar-refractivity contribution >= 4 is 17.4 Å². The molecule has 0 bridgehead atoms. The number of anilines is 1. The maximum atomic E-state index is 13.0. The molecule has 2 rings (SSSR count). The van der Waals surface area contributed by atoms with Crippen molar-refractivity contribution in [2.75, 3.05) is 11.9 Å². The average molecular weight is 267 g/mol. The van der Waals surface area contributed by atoms with Crippen LogP contribution in [-0.2, 0) is 0 Å². The van der Waals surface area contributed by atoms with E-state index in [9.17, 15) is 4.39 Å². The molecular weight excluding hydrogens is 255 g/mol. The Balaban J connectivity index is 2.17. The number of hydrogen-bond acceptors (Lipinski definition) is 3. The first-order valence-electron chi connectivity index (χ1n) is 5.52. The van der Waals surface area contributed by atoms with E-state index in [1.807, 2.05) is 6.92 Å². The number of nitrogens with zero attached hydrogens (tertiary/aromatic N) is 1. The summed E-state index contributed by atoms with van der Waals surface area (Å²) >= 11 is 5.68. The summed E-state index contributed by atoms with van der Waals surface area (Å²) in [4.78, 5) is 4.13. The van der Waals surface area contributed by atoms with Crippen molar-refractivity contribution in [2.24, 2.45) is 0 Å². The predicted molar refractivity (Wildman–Crippen MR) is 69.9 cm³/mol. The van der Waals surface area contributed by atoms with Gasteiger partial charge in [0.15, 0.2) is 0 Å². The average Bonchev–Trinajstić information content (AvgIpc) is 2.35. The smallest absolute Gasteiger partial charge is 0.142 e. The molecule has 0 amide bonds. The van der Waals surface area contributed by atoms with Crippen LogP contribution in [0.2, 0.25) is 5.02 Å². The summed E-state index contributed by atoms with van der Waals surface area (Å²) < 4.78 is 18.6. The highest BCUT2D eigenvalue weighted by molar-refractivity contribution is 6.30. The Kier molecular flexibility index (Phi) is 3.99. The minimum Gasteiger partial charge on any atom is -0.457 e. The summed E-state index contributed by atoms with van der Waals surface area (Å²) in [7, 11) is 0. The minimum absolute atomic E-state index is 0.0356. The highest BCUT2D eigenvalue weighted by Crippen LogP contribution is 2.26. The van der Waals surface area contributed by atoms with Crippen LogP contribution in [0.15, 0.2) is 36.5 Å². The Hall–Kier alpha value is -1.81. The molecule has 0 saturated carbocycles. The Labute approximate surface area is 110 Å². The Morgan fingerprint density at radius 3 is 2.78 bits per heavy atom. The van der Waals surface area contributed by atoms with Crippen LogP contribution in [0, 0.1) is 5.82 Å². The van der Waals surface area contributed by atoms with Crippen molar-refractivity contribution in [3.8, 4) is 11.5 Å². The lowest BCUT2D eigenvalue weighted by Gasteiger charge is -2.08. The molecule has 94 valence electrons. The molecule has 5 heteroatoms. The normalized spacial score (nSPS) is 10.2. The standard InChI is InChI=1S/C13H12ClFN2O/c1-2-16-13-8-10(5-6-17-13)18-9-3-4-12(15)11(14)7-9/h3-8H,2H2,1H3,(H,16,17). The predicted octanol–water partition coefficient (Wildman–Crippen LogP) is 4.10. The highest BCUT2D eigenvalue weighted by atomic mass is 35.5. The monoisotopic (exact) mass is 266 g/mol. The fourth-order valence-corrected chi connectivity index (χ4v) is 1.60. The zero-order valence-electron chi connectivity index (χ0n) is 9.78. The van der Waals surface area contributed by atoms with E-state index in [4.69, 9.17) is 16.3 Å². The first kappa shape index (κ1) is 12.6. The third-order valence-electron chi connectivity index (χ3n) is 2.22. The highest BCUT2D eigenvalue weighted by Gasteiger charge is 2.03. The van der Waals surface area contributed by atoms with Gasteiger partial charge >= 0.3 is 0 Å². The lowest BCUT2D eigenvalue weighted by Crippen LogP contribution is -1.98. The van der Waals surface area contributed by atoms with E-state index in [1.165, 1.54) is 18.2 Å². The van der Waals surface area contributed by atoms with Gasteiger partial charge in [-0.15, -0.1) is 0 Å². The lowest BCUT2D eigenvalue weighted by molar-refractivity contribution is 0.480. The van der Waals surface area contributed by atoms with E-state index < -0.39 is 5.82 Å². The zero-order valence-corrected chi connectivity index (χ0v) is 10.5. The number of benzene rings is 1. The molecule has 0 aliphatic carbocycles. The second kappa shape index (κ2) is 5.69. The van der Waals surface area contributed by atoms with Crippen molar-refractivity contribution in [3.05, 3.63) is 47.4 Å². The number of pyridine rings is 1. The molecule has 0 aliphatic rings. The Morgan fingerprint density at radius 1 is 1.28 bits per heavy atom. The molecule has 1 aromatic carbocycles. The van der Waals surface area contributed by atoms with E-state index in [2.05, 4.69) is 10.3 Å². The largest absolute Gasteiger partial charge is 0.457 e. The molecule has 0 atom stereocenters. The Bertz CT molecular complexity index is 548. The lowest BCUT2D eigenvalue weighted by atomic mass is 10.3. The molecule has 18 heavy (non-hydrogen) atoms. The van der Waals surface area contributed by atoms with E-state index in [-0.39, 0.29) is 5.02 Å². The van der Waals surface area contributed by atoms with Crippen molar-refractivity contribution in [1.82, 2.24) is 4.98 Å². The summed E-state index contributed by atoms with van der Waals surface area (Å²) in [6.45, 7) is 2.76. The van der Waals surface area contributed by atoms with E-state index in [0.717, 1.165) is 12.4 Å². The molecule has 1 heterocycles. The van der Waals surface area contributed by atoms with Crippen LogP contribution in [0.1, 0.15) is 6.92 Å². The van der Waals surface area contributed by atoms with Gasteiger partial charge in [0, 0.05) is 24.9 Å². The maximum Gasteiger partial charge on any atom is 0.142 e. The summed E-state index contributed by atoms with van der Waals surface area (Å²) in [6.07, 6.45) is 1.64. The van der Waals surface area contributed by atoms with Gasteiger partial charge < -0.3 is 10.1 Å². The van der Waals surface area contributed by atoms with Gasteiger partial charge in [-0.2, -0.15) is 0 Å². The number of hydrogen-bond donors (Lipinski definition) is 1. The van der Waals surface area contributed by atoms with Gasteiger partial charge in [0.25, 0.3) is 0 Å². The number of nitrogens with one attached hydrogen (secondary N) is 1. The van der Waals surface area contributed by atoms with Crippen LogP contribution in [0.4, 0.5) is 10.2 Å². The first-order chi connectivity index (χ1) is 8.69. The van der Waals surface area contributed by atoms with E-state index >= 15 is 0 Å².